The van der Waals surface area contributed by atoms with Crippen molar-refractivity contribution in [3.8, 4) is 0 Å². The summed E-state index contributed by atoms with van der Waals surface area (Å²) in [6.07, 6.45) is 5.69. The van der Waals surface area contributed by atoms with Crippen molar-refractivity contribution in [3.63, 3.8) is 0 Å². The maximum absolute atomic E-state index is 3.74. The van der Waals surface area contributed by atoms with Crippen LogP contribution in [0.2, 0.25) is 0 Å². The number of rotatable bonds is 2. The summed E-state index contributed by atoms with van der Waals surface area (Å²) in [6, 6.07) is 1.70. The molecule has 2 rings (SSSR count). The van der Waals surface area contributed by atoms with Crippen molar-refractivity contribution in [2.75, 3.05) is 5.75 Å². The molecule has 0 radical (unpaired) electrons. The van der Waals surface area contributed by atoms with Crippen molar-refractivity contribution in [1.82, 2.24) is 5.32 Å². The highest BCUT2D eigenvalue weighted by molar-refractivity contribution is 8.00. The molecule has 1 aliphatic heterocycles. The van der Waals surface area contributed by atoms with Crippen LogP contribution in [0, 0.1) is 0 Å². The van der Waals surface area contributed by atoms with E-state index in [0.717, 1.165) is 17.3 Å². The zero-order valence-electron chi connectivity index (χ0n) is 7.18. The quantitative estimate of drug-likeness (QED) is 0.682. The molecule has 1 saturated carbocycles. The highest BCUT2D eigenvalue weighted by Gasteiger charge is 2.28. The zero-order chi connectivity index (χ0) is 7.68. The predicted molar refractivity (Wildman–Crippen MR) is 51.1 cm³/mol. The molecule has 2 unspecified atom stereocenters. The van der Waals surface area contributed by atoms with E-state index in [0.29, 0.717) is 0 Å². The fourth-order valence-electron chi connectivity index (χ4n) is 1.83. The fourth-order valence-corrected chi connectivity index (χ4v) is 3.04. The summed E-state index contributed by atoms with van der Waals surface area (Å²) in [7, 11) is 0. The third kappa shape index (κ3) is 1.73. The summed E-state index contributed by atoms with van der Waals surface area (Å²) in [4.78, 5) is 0. The lowest BCUT2D eigenvalue weighted by molar-refractivity contribution is 0.303. The van der Waals surface area contributed by atoms with Crippen LogP contribution < -0.4 is 5.32 Å². The monoisotopic (exact) mass is 171 g/mol. The first-order valence-electron chi connectivity index (χ1n) is 4.74. The van der Waals surface area contributed by atoms with E-state index in [9.17, 15) is 0 Å². The molecule has 11 heavy (non-hydrogen) atoms. The van der Waals surface area contributed by atoms with Crippen molar-refractivity contribution in [2.24, 2.45) is 0 Å². The Balaban J connectivity index is 1.75. The molecule has 0 amide bonds. The van der Waals surface area contributed by atoms with Crippen LogP contribution >= 0.6 is 11.8 Å². The predicted octanol–water partition coefficient (Wildman–Crippen LogP) is 2.02. The second-order valence-electron chi connectivity index (χ2n) is 3.77. The number of thioether (sulfide) groups is 1. The maximum Gasteiger partial charge on any atom is 0.0194 e. The molecule has 2 atom stereocenters. The third-order valence-corrected chi connectivity index (χ3v) is 4.26. The molecular formula is C9H17NS. The average molecular weight is 171 g/mol. The Labute approximate surface area is 73.3 Å². The van der Waals surface area contributed by atoms with Crippen LogP contribution in [0.25, 0.3) is 0 Å². The van der Waals surface area contributed by atoms with Crippen molar-refractivity contribution >= 4 is 11.8 Å². The Hall–Kier alpha value is 0.310. The number of hydrogen-bond acceptors (Lipinski definition) is 2. The second-order valence-corrected chi connectivity index (χ2v) is 5.25. The second kappa shape index (κ2) is 3.36. The largest absolute Gasteiger partial charge is 0.310 e. The smallest absolute Gasteiger partial charge is 0.0194 e. The van der Waals surface area contributed by atoms with Crippen LogP contribution in [-0.4, -0.2) is 23.1 Å². The third-order valence-electron chi connectivity index (χ3n) is 2.93. The standard InChI is InChI=1S/C9H17NS/c1-7-9(5-6-11-7)10-8-3-2-4-8/h7-10H,2-6H2,1H3. The van der Waals surface area contributed by atoms with Crippen LogP contribution in [0.4, 0.5) is 0 Å². The molecule has 0 aromatic rings. The van der Waals surface area contributed by atoms with Crippen molar-refractivity contribution in [3.05, 3.63) is 0 Å². The van der Waals surface area contributed by atoms with Gasteiger partial charge >= 0.3 is 0 Å². The van der Waals surface area contributed by atoms with Crippen molar-refractivity contribution in [2.45, 2.75) is 49.9 Å². The summed E-state index contributed by atoms with van der Waals surface area (Å²) in [5.74, 6) is 1.37. The van der Waals surface area contributed by atoms with Gasteiger partial charge in [0.15, 0.2) is 0 Å². The Kier molecular flexibility index (Phi) is 2.42. The van der Waals surface area contributed by atoms with Crippen LogP contribution in [0.3, 0.4) is 0 Å². The number of hydrogen-bond donors (Lipinski definition) is 1. The van der Waals surface area contributed by atoms with Gasteiger partial charge < -0.3 is 5.32 Å². The molecule has 1 nitrogen and oxygen atoms in total. The minimum atomic E-state index is 0.824. The van der Waals surface area contributed by atoms with Gasteiger partial charge in [-0.25, -0.2) is 0 Å². The van der Waals surface area contributed by atoms with E-state index < -0.39 is 0 Å². The lowest BCUT2D eigenvalue weighted by Crippen LogP contribution is -2.44. The van der Waals surface area contributed by atoms with E-state index in [-0.39, 0.29) is 0 Å². The molecule has 64 valence electrons. The van der Waals surface area contributed by atoms with E-state index in [4.69, 9.17) is 0 Å². The molecular weight excluding hydrogens is 154 g/mol. The first-order chi connectivity index (χ1) is 5.36. The Morgan fingerprint density at radius 1 is 1.27 bits per heavy atom. The van der Waals surface area contributed by atoms with Gasteiger partial charge in [0.05, 0.1) is 0 Å². The Morgan fingerprint density at radius 2 is 2.09 bits per heavy atom. The van der Waals surface area contributed by atoms with Gasteiger partial charge in [-0.3, -0.25) is 0 Å². The van der Waals surface area contributed by atoms with Crippen molar-refractivity contribution < 1.29 is 0 Å². The summed E-state index contributed by atoms with van der Waals surface area (Å²) >= 11 is 2.12. The fraction of sp³-hybridized carbons (Fsp3) is 1.00. The molecule has 2 fully saturated rings. The minimum Gasteiger partial charge on any atom is -0.310 e. The van der Waals surface area contributed by atoms with Gasteiger partial charge in [-0.15, -0.1) is 0 Å². The molecule has 2 aliphatic rings. The summed E-state index contributed by atoms with van der Waals surface area (Å²) in [5, 5.41) is 4.60. The minimum absolute atomic E-state index is 0.824. The zero-order valence-corrected chi connectivity index (χ0v) is 7.99. The van der Waals surface area contributed by atoms with Gasteiger partial charge in [0.25, 0.3) is 0 Å². The number of nitrogens with one attached hydrogen (secondary N) is 1. The highest BCUT2D eigenvalue weighted by atomic mass is 32.2. The Bertz CT molecular complexity index is 134. The molecule has 2 heteroatoms. The Morgan fingerprint density at radius 3 is 2.55 bits per heavy atom. The van der Waals surface area contributed by atoms with Gasteiger partial charge in [0.1, 0.15) is 0 Å². The van der Waals surface area contributed by atoms with Crippen LogP contribution in [0.1, 0.15) is 32.6 Å². The average Bonchev–Trinajstić information content (AvgIpc) is 2.27. The topological polar surface area (TPSA) is 12.0 Å². The molecule has 0 bridgehead atoms. The normalized spacial score (nSPS) is 39.0. The lowest BCUT2D eigenvalue weighted by atomic mass is 9.92. The molecule has 1 saturated heterocycles. The maximum atomic E-state index is 3.74. The molecule has 0 aromatic carbocycles. The van der Waals surface area contributed by atoms with Gasteiger partial charge in [-0.2, -0.15) is 11.8 Å². The molecule has 1 N–H and O–H groups in total. The summed E-state index contributed by atoms with van der Waals surface area (Å²) < 4.78 is 0. The molecule has 1 aliphatic carbocycles. The molecule has 0 aromatic heterocycles. The van der Waals surface area contributed by atoms with E-state index in [1.807, 2.05) is 0 Å². The van der Waals surface area contributed by atoms with E-state index in [2.05, 4.69) is 24.0 Å². The van der Waals surface area contributed by atoms with Crippen LogP contribution in [0.5, 0.6) is 0 Å². The summed E-state index contributed by atoms with van der Waals surface area (Å²) in [5.41, 5.74) is 0. The molecule has 0 spiro atoms. The molecule has 1 heterocycles. The van der Waals surface area contributed by atoms with Gasteiger partial charge in [-0.1, -0.05) is 13.3 Å². The lowest BCUT2D eigenvalue weighted by Gasteiger charge is -2.31. The first kappa shape index (κ1) is 7.93. The van der Waals surface area contributed by atoms with Gasteiger partial charge in [0, 0.05) is 17.3 Å². The first-order valence-corrected chi connectivity index (χ1v) is 5.79. The van der Waals surface area contributed by atoms with Gasteiger partial charge in [-0.05, 0) is 25.0 Å². The SMILES string of the molecule is CC1SCCC1NC1CCC1. The van der Waals surface area contributed by atoms with E-state index in [1.54, 1.807) is 0 Å². The van der Waals surface area contributed by atoms with E-state index >= 15 is 0 Å². The van der Waals surface area contributed by atoms with E-state index in [1.165, 1.54) is 31.4 Å². The van der Waals surface area contributed by atoms with Crippen molar-refractivity contribution in [1.29, 1.82) is 0 Å². The summed E-state index contributed by atoms with van der Waals surface area (Å²) in [6.45, 7) is 2.36. The highest BCUT2D eigenvalue weighted by Crippen LogP contribution is 2.28. The van der Waals surface area contributed by atoms with Gasteiger partial charge in [0.2, 0.25) is 0 Å². The van der Waals surface area contributed by atoms with Crippen LogP contribution in [0.15, 0.2) is 0 Å². The van der Waals surface area contributed by atoms with Crippen LogP contribution in [-0.2, 0) is 0 Å².